The van der Waals surface area contributed by atoms with Gasteiger partial charge >= 0.3 is 19.4 Å². The van der Waals surface area contributed by atoms with Gasteiger partial charge in [0.25, 0.3) is 0 Å². The number of halogens is 2. The second kappa shape index (κ2) is 12.6. The van der Waals surface area contributed by atoms with Crippen LogP contribution in [0.3, 0.4) is 0 Å². The minimum Gasteiger partial charge on any atom is -0.414 e. The van der Waals surface area contributed by atoms with Gasteiger partial charge in [0.2, 0.25) is 6.23 Å². The van der Waals surface area contributed by atoms with Gasteiger partial charge in [-0.2, -0.15) is 13.8 Å². The number of hydrogen-bond donors (Lipinski definition) is 1. The normalized spacial score (nSPS) is 27.8. The summed E-state index contributed by atoms with van der Waals surface area (Å²) < 4.78 is 76.4. The Hall–Kier alpha value is -1.85. The van der Waals surface area contributed by atoms with Crippen LogP contribution in [0.2, 0.25) is 36.3 Å². The Morgan fingerprint density at radius 3 is 2.27 bits per heavy atom. The number of nitrogens with zero attached hydrogens (tertiary/aromatic N) is 3. The first kappa shape index (κ1) is 36.0. The second-order valence-electron chi connectivity index (χ2n) is 14.7. The molecule has 2 aliphatic heterocycles. The first-order chi connectivity index (χ1) is 20.6. The summed E-state index contributed by atoms with van der Waals surface area (Å²) in [6.07, 6.45) is -0.533. The minimum absolute atomic E-state index is 0.111. The molecule has 2 aliphatic rings. The van der Waals surface area contributed by atoms with Crippen molar-refractivity contribution in [2.75, 3.05) is 18.3 Å². The lowest BCUT2D eigenvalue weighted by Crippen LogP contribution is -2.53. The van der Waals surface area contributed by atoms with Crippen molar-refractivity contribution in [2.45, 2.75) is 115 Å². The van der Waals surface area contributed by atoms with Crippen molar-refractivity contribution >= 4 is 30.2 Å². The monoisotopic (exact) mass is 688 g/mol. The van der Waals surface area contributed by atoms with Crippen LogP contribution < -0.4 is 10.8 Å². The van der Waals surface area contributed by atoms with E-state index >= 15 is 8.78 Å². The molecule has 0 saturated carbocycles. The highest BCUT2D eigenvalue weighted by Crippen LogP contribution is 2.55. The van der Waals surface area contributed by atoms with Gasteiger partial charge in [-0.15, -0.1) is 0 Å². The van der Waals surface area contributed by atoms with Crippen LogP contribution in [0, 0.1) is 0 Å². The molecule has 5 atom stereocenters. The molecule has 2 fully saturated rings. The van der Waals surface area contributed by atoms with Gasteiger partial charge in [-0.1, -0.05) is 41.5 Å². The van der Waals surface area contributed by atoms with E-state index in [1.165, 1.54) is 6.07 Å². The Kier molecular flexibility index (Phi) is 10.1. The van der Waals surface area contributed by atoms with Crippen molar-refractivity contribution in [1.29, 1.82) is 0 Å². The number of hydrogen-bond acceptors (Lipinski definition) is 9. The van der Waals surface area contributed by atoms with Crippen LogP contribution in [0.25, 0.3) is 0 Å². The Labute approximate surface area is 266 Å². The van der Waals surface area contributed by atoms with Crippen LogP contribution in [0.5, 0.6) is 0 Å². The third-order valence-electron chi connectivity index (χ3n) is 9.31. The first-order valence-electron chi connectivity index (χ1n) is 15.1. The van der Waals surface area contributed by atoms with Gasteiger partial charge in [-0.25, -0.2) is 9.36 Å². The molecule has 0 spiro atoms. The highest BCUT2D eigenvalue weighted by atomic mass is 31.2. The number of ether oxygens (including phenoxy) is 1. The molecule has 0 bridgehead atoms. The summed E-state index contributed by atoms with van der Waals surface area (Å²) in [6.45, 7) is 20.0. The molecule has 1 N–H and O–H groups in total. The van der Waals surface area contributed by atoms with Gasteiger partial charge in [0, 0.05) is 25.0 Å². The molecular weight excluding hydrogens is 641 g/mol. The van der Waals surface area contributed by atoms with Gasteiger partial charge < -0.3 is 13.6 Å². The van der Waals surface area contributed by atoms with Crippen molar-refractivity contribution in [3.8, 4) is 0 Å². The number of anilines is 1. The number of nitrogens with one attached hydrogen (secondary N) is 1. The molecule has 0 amide bonds. The van der Waals surface area contributed by atoms with Crippen LogP contribution in [0.4, 0.5) is 14.6 Å². The summed E-state index contributed by atoms with van der Waals surface area (Å²) in [5, 5.41) is 2.05. The first-order valence-corrected chi connectivity index (χ1v) is 22.5. The Balaban J connectivity index is 1.59. The van der Waals surface area contributed by atoms with E-state index in [1.807, 2.05) is 47.0 Å². The van der Waals surface area contributed by atoms with Crippen LogP contribution in [0.1, 0.15) is 65.9 Å². The predicted octanol–water partition coefficient (Wildman–Crippen LogP) is 7.28. The maximum atomic E-state index is 16.3. The molecule has 3 unspecified atom stereocenters. The van der Waals surface area contributed by atoms with Crippen LogP contribution >= 0.6 is 7.75 Å². The largest absolute Gasteiger partial charge is 0.434 e. The molecule has 0 aliphatic carbocycles. The molecule has 4 rings (SSSR count). The fraction of sp³-hybridized carbons (Fsp3) is 0.690. The SMILES string of the molecule is CC(C)(C)[Si](C)(C)OC[C@H]1O[C@@H](n2ccc(NP3(=O)OCCC(c4ccncc4)O3)nc2=O)C(F)(F)C1O[Si](C)(C)C(C)(C)C. The van der Waals surface area contributed by atoms with E-state index in [4.69, 9.17) is 22.6 Å². The maximum absolute atomic E-state index is 16.3. The molecule has 0 radical (unpaired) electrons. The predicted molar refractivity (Wildman–Crippen MR) is 172 cm³/mol. The quantitative estimate of drug-likeness (QED) is 0.212. The summed E-state index contributed by atoms with van der Waals surface area (Å²) >= 11 is 0. The standard InChI is InChI=1S/C29H47F2N4O7PSi2/c1-27(2,3)44(7,8)39-19-22-24(42-45(9,10)28(4,5)6)29(30,31)25(40-22)35-17-13-23(33-26(35)36)34-43(37)38-18-14-21(41-43)20-11-15-32-16-12-20/h11-13,15-17,21-22,24-25H,14,18-19H2,1-10H3,(H,33,34,36,37)/t21?,22-,24?,25-,43?/m1/s1. The van der Waals surface area contributed by atoms with Crippen LogP contribution in [-0.2, 0) is 27.2 Å². The molecule has 2 aromatic heterocycles. The lowest BCUT2D eigenvalue weighted by molar-refractivity contribution is -0.138. The number of alkyl halides is 2. The van der Waals surface area contributed by atoms with Crippen molar-refractivity contribution in [3.63, 3.8) is 0 Å². The Morgan fingerprint density at radius 1 is 1.07 bits per heavy atom. The molecule has 45 heavy (non-hydrogen) atoms. The van der Waals surface area contributed by atoms with Gasteiger partial charge in [0.05, 0.1) is 19.3 Å². The fourth-order valence-electron chi connectivity index (χ4n) is 4.44. The topological polar surface area (TPSA) is 123 Å². The Bertz CT molecular complexity index is 1450. The average Bonchev–Trinajstić information content (AvgIpc) is 3.15. The van der Waals surface area contributed by atoms with Crippen molar-refractivity contribution < 1.29 is 36.0 Å². The second-order valence-corrected chi connectivity index (χ2v) is 25.9. The highest BCUT2D eigenvalue weighted by molar-refractivity contribution is 7.55. The van der Waals surface area contributed by atoms with E-state index in [0.717, 1.165) is 16.3 Å². The van der Waals surface area contributed by atoms with E-state index in [0.29, 0.717) is 6.42 Å². The average molecular weight is 689 g/mol. The molecular formula is C29H47F2N4O7PSi2. The van der Waals surface area contributed by atoms with E-state index < -0.39 is 60.5 Å². The smallest absolute Gasteiger partial charge is 0.414 e. The van der Waals surface area contributed by atoms with Gasteiger partial charge in [0.15, 0.2) is 16.6 Å². The zero-order chi connectivity index (χ0) is 33.6. The zero-order valence-electron chi connectivity index (χ0n) is 27.8. The van der Waals surface area contributed by atoms with Gasteiger partial charge in [-0.3, -0.25) is 23.7 Å². The fourth-order valence-corrected chi connectivity index (χ4v) is 8.24. The number of aromatic nitrogens is 3. The molecule has 2 saturated heterocycles. The lowest BCUT2D eigenvalue weighted by atomic mass is 10.1. The van der Waals surface area contributed by atoms with Gasteiger partial charge in [0.1, 0.15) is 18.0 Å². The third-order valence-corrected chi connectivity index (χ3v) is 19.8. The highest BCUT2D eigenvalue weighted by Gasteiger charge is 2.63. The third kappa shape index (κ3) is 7.83. The van der Waals surface area contributed by atoms with E-state index in [1.54, 1.807) is 24.5 Å². The van der Waals surface area contributed by atoms with Crippen molar-refractivity contribution in [2.24, 2.45) is 0 Å². The molecule has 16 heteroatoms. The maximum Gasteiger partial charge on any atom is 0.434 e. The molecule has 252 valence electrons. The lowest BCUT2D eigenvalue weighted by Gasteiger charge is -2.41. The zero-order valence-corrected chi connectivity index (χ0v) is 30.7. The van der Waals surface area contributed by atoms with E-state index in [-0.39, 0.29) is 29.1 Å². The molecule has 0 aromatic carbocycles. The molecule has 2 aromatic rings. The molecule has 11 nitrogen and oxygen atoms in total. The molecule has 4 heterocycles. The summed E-state index contributed by atoms with van der Waals surface area (Å²) in [7, 11) is -8.97. The Morgan fingerprint density at radius 2 is 1.69 bits per heavy atom. The number of pyridine rings is 1. The van der Waals surface area contributed by atoms with Crippen LogP contribution in [0.15, 0.2) is 41.6 Å². The number of rotatable bonds is 9. The minimum atomic E-state index is -3.93. The van der Waals surface area contributed by atoms with Crippen LogP contribution in [-0.4, -0.2) is 62.5 Å². The summed E-state index contributed by atoms with van der Waals surface area (Å²) in [5.41, 5.74) is -0.267. The van der Waals surface area contributed by atoms with E-state index in [2.05, 4.69) is 35.8 Å². The van der Waals surface area contributed by atoms with Gasteiger partial charge in [-0.05, 0) is 60.0 Å². The summed E-state index contributed by atoms with van der Waals surface area (Å²) in [4.78, 5) is 21.1. The summed E-state index contributed by atoms with van der Waals surface area (Å²) in [5.74, 6) is -3.75. The van der Waals surface area contributed by atoms with E-state index in [9.17, 15) is 9.36 Å². The van der Waals surface area contributed by atoms with Crippen molar-refractivity contribution in [3.05, 3.63) is 52.8 Å². The van der Waals surface area contributed by atoms with Crippen molar-refractivity contribution in [1.82, 2.24) is 14.5 Å². The summed E-state index contributed by atoms with van der Waals surface area (Å²) in [6, 6.07) is 4.74.